The molecule has 0 aliphatic heterocycles. The molecule has 0 aliphatic rings. The number of rotatable bonds is 7. The van der Waals surface area contributed by atoms with E-state index in [0.717, 1.165) is 26.1 Å². The van der Waals surface area contributed by atoms with Crippen LogP contribution in [0.1, 0.15) is 30.0 Å². The van der Waals surface area contributed by atoms with Crippen molar-refractivity contribution in [2.45, 2.75) is 33.0 Å². The minimum atomic E-state index is 0.613. The molecule has 0 aliphatic carbocycles. The number of hydrogen-bond acceptors (Lipinski definition) is 2. The van der Waals surface area contributed by atoms with Gasteiger partial charge < -0.3 is 5.73 Å². The molecule has 2 N–H and O–H groups in total. The van der Waals surface area contributed by atoms with Crippen LogP contribution in [-0.4, -0.2) is 11.4 Å². The molecular weight excluding hydrogens is 244 g/mol. The first kappa shape index (κ1) is 14.8. The van der Waals surface area contributed by atoms with Crippen LogP contribution in [0.2, 0.25) is 0 Å². The number of nitrogens with zero attached hydrogens (tertiary/aromatic N) is 1. The molecule has 0 bridgehead atoms. The Morgan fingerprint density at radius 1 is 0.850 bits per heavy atom. The minimum absolute atomic E-state index is 0.613. The summed E-state index contributed by atoms with van der Waals surface area (Å²) >= 11 is 0. The van der Waals surface area contributed by atoms with Crippen LogP contribution in [0.25, 0.3) is 0 Å². The summed E-state index contributed by atoms with van der Waals surface area (Å²) in [6.07, 6.45) is 1.16. The third-order valence-corrected chi connectivity index (χ3v) is 3.52. The Kier molecular flexibility index (Phi) is 5.78. The fourth-order valence-corrected chi connectivity index (χ4v) is 2.52. The molecule has 2 nitrogen and oxygen atoms in total. The summed E-state index contributed by atoms with van der Waals surface area (Å²) < 4.78 is 0. The van der Waals surface area contributed by atoms with Crippen LogP contribution < -0.4 is 5.73 Å². The molecular formula is C18H24N2. The lowest BCUT2D eigenvalue weighted by molar-refractivity contribution is 0.256. The van der Waals surface area contributed by atoms with Crippen molar-refractivity contribution in [3.05, 3.63) is 71.3 Å². The third kappa shape index (κ3) is 4.19. The van der Waals surface area contributed by atoms with E-state index >= 15 is 0 Å². The molecule has 0 fully saturated rings. The van der Waals surface area contributed by atoms with E-state index in [1.165, 1.54) is 16.7 Å². The molecule has 0 heterocycles. The predicted octanol–water partition coefficient (Wildman–Crippen LogP) is 3.56. The Hall–Kier alpha value is -1.64. The van der Waals surface area contributed by atoms with Crippen LogP contribution in [0, 0.1) is 0 Å². The normalized spacial score (nSPS) is 10.9. The average Bonchev–Trinajstić information content (AvgIpc) is 2.49. The topological polar surface area (TPSA) is 29.3 Å². The van der Waals surface area contributed by atoms with Gasteiger partial charge in [0.25, 0.3) is 0 Å². The summed E-state index contributed by atoms with van der Waals surface area (Å²) in [6, 6.07) is 19.1. The molecule has 2 aromatic rings. The quantitative estimate of drug-likeness (QED) is 0.832. The fraction of sp³-hybridized carbons (Fsp3) is 0.333. The van der Waals surface area contributed by atoms with Crippen LogP contribution >= 0.6 is 0 Å². The molecule has 0 amide bonds. The van der Waals surface area contributed by atoms with E-state index in [1.54, 1.807) is 0 Å². The molecule has 0 radical (unpaired) electrons. The molecule has 0 unspecified atom stereocenters. The van der Waals surface area contributed by atoms with Crippen molar-refractivity contribution in [3.63, 3.8) is 0 Å². The second kappa shape index (κ2) is 7.83. The molecule has 106 valence electrons. The zero-order valence-electron chi connectivity index (χ0n) is 12.3. The predicted molar refractivity (Wildman–Crippen MR) is 85.2 cm³/mol. The molecule has 0 saturated carbocycles. The van der Waals surface area contributed by atoms with Crippen molar-refractivity contribution in [1.29, 1.82) is 0 Å². The zero-order valence-corrected chi connectivity index (χ0v) is 12.3. The molecule has 2 heteroatoms. The summed E-state index contributed by atoms with van der Waals surface area (Å²) in [7, 11) is 0. The Bertz CT molecular complexity index is 508. The van der Waals surface area contributed by atoms with Crippen LogP contribution in [-0.2, 0) is 19.6 Å². The van der Waals surface area contributed by atoms with E-state index in [1.807, 2.05) is 0 Å². The van der Waals surface area contributed by atoms with Gasteiger partial charge >= 0.3 is 0 Å². The lowest BCUT2D eigenvalue weighted by Gasteiger charge is -2.23. The third-order valence-electron chi connectivity index (χ3n) is 3.52. The van der Waals surface area contributed by atoms with Gasteiger partial charge in [0.15, 0.2) is 0 Å². The highest BCUT2D eigenvalue weighted by Crippen LogP contribution is 2.14. The first-order valence-electron chi connectivity index (χ1n) is 7.36. The summed E-state index contributed by atoms with van der Waals surface area (Å²) in [6.45, 7) is 5.91. The standard InChI is InChI=1S/C18H24N2/c1-2-12-20(14-16-8-4-3-5-9-16)15-18-11-7-6-10-17(18)13-19/h3-11H,2,12-15,19H2,1H3. The number of nitrogens with two attached hydrogens (primary N) is 1. The average molecular weight is 268 g/mol. The molecule has 2 aromatic carbocycles. The largest absolute Gasteiger partial charge is 0.326 e. The van der Waals surface area contributed by atoms with Gasteiger partial charge in [-0.15, -0.1) is 0 Å². The van der Waals surface area contributed by atoms with E-state index < -0.39 is 0 Å². The summed E-state index contributed by atoms with van der Waals surface area (Å²) in [5.41, 5.74) is 9.80. The van der Waals surface area contributed by atoms with Gasteiger partial charge in [0.05, 0.1) is 0 Å². The van der Waals surface area contributed by atoms with E-state index in [4.69, 9.17) is 5.73 Å². The highest BCUT2D eigenvalue weighted by Gasteiger charge is 2.08. The first-order chi connectivity index (χ1) is 9.83. The summed E-state index contributed by atoms with van der Waals surface area (Å²) in [5.74, 6) is 0. The monoisotopic (exact) mass is 268 g/mol. The van der Waals surface area contributed by atoms with Gasteiger partial charge in [-0.2, -0.15) is 0 Å². The second-order valence-electron chi connectivity index (χ2n) is 5.17. The molecule has 2 rings (SSSR count). The van der Waals surface area contributed by atoms with Crippen LogP contribution in [0.15, 0.2) is 54.6 Å². The van der Waals surface area contributed by atoms with Gasteiger partial charge in [-0.05, 0) is 29.7 Å². The first-order valence-corrected chi connectivity index (χ1v) is 7.36. The highest BCUT2D eigenvalue weighted by atomic mass is 15.1. The zero-order chi connectivity index (χ0) is 14.2. The molecule has 0 spiro atoms. The molecule has 0 aromatic heterocycles. The SMILES string of the molecule is CCCN(Cc1ccccc1)Cc1ccccc1CN. The van der Waals surface area contributed by atoms with E-state index in [2.05, 4.69) is 66.4 Å². The smallest absolute Gasteiger partial charge is 0.0240 e. The van der Waals surface area contributed by atoms with Crippen LogP contribution in [0.4, 0.5) is 0 Å². The second-order valence-corrected chi connectivity index (χ2v) is 5.17. The van der Waals surface area contributed by atoms with E-state index in [0.29, 0.717) is 6.54 Å². The highest BCUT2D eigenvalue weighted by molar-refractivity contribution is 5.27. The van der Waals surface area contributed by atoms with Gasteiger partial charge in [-0.1, -0.05) is 61.5 Å². The van der Waals surface area contributed by atoms with Crippen molar-refractivity contribution in [1.82, 2.24) is 4.90 Å². The lowest BCUT2D eigenvalue weighted by atomic mass is 10.1. The van der Waals surface area contributed by atoms with Crippen molar-refractivity contribution in [2.24, 2.45) is 5.73 Å². The van der Waals surface area contributed by atoms with E-state index in [-0.39, 0.29) is 0 Å². The molecule has 0 atom stereocenters. The lowest BCUT2D eigenvalue weighted by Crippen LogP contribution is -2.24. The molecule has 20 heavy (non-hydrogen) atoms. The van der Waals surface area contributed by atoms with Crippen molar-refractivity contribution >= 4 is 0 Å². The maximum Gasteiger partial charge on any atom is 0.0240 e. The van der Waals surface area contributed by atoms with Crippen molar-refractivity contribution in [3.8, 4) is 0 Å². The fourth-order valence-electron chi connectivity index (χ4n) is 2.52. The number of hydrogen-bond donors (Lipinski definition) is 1. The Morgan fingerprint density at radius 2 is 1.50 bits per heavy atom. The van der Waals surface area contributed by atoms with Crippen LogP contribution in [0.3, 0.4) is 0 Å². The molecule has 0 saturated heterocycles. The van der Waals surface area contributed by atoms with Gasteiger partial charge in [-0.25, -0.2) is 0 Å². The van der Waals surface area contributed by atoms with Crippen molar-refractivity contribution in [2.75, 3.05) is 6.54 Å². The summed E-state index contributed by atoms with van der Waals surface area (Å²) in [4.78, 5) is 2.49. The van der Waals surface area contributed by atoms with Gasteiger partial charge in [-0.3, -0.25) is 4.90 Å². The Labute approximate surface area is 122 Å². The van der Waals surface area contributed by atoms with E-state index in [9.17, 15) is 0 Å². The summed E-state index contributed by atoms with van der Waals surface area (Å²) in [5, 5.41) is 0. The Morgan fingerprint density at radius 3 is 2.15 bits per heavy atom. The van der Waals surface area contributed by atoms with Gasteiger partial charge in [0.2, 0.25) is 0 Å². The Balaban J connectivity index is 2.09. The number of benzene rings is 2. The minimum Gasteiger partial charge on any atom is -0.326 e. The maximum absolute atomic E-state index is 5.83. The maximum atomic E-state index is 5.83. The van der Waals surface area contributed by atoms with Crippen LogP contribution in [0.5, 0.6) is 0 Å². The van der Waals surface area contributed by atoms with Gasteiger partial charge in [0.1, 0.15) is 0 Å². The van der Waals surface area contributed by atoms with Crippen molar-refractivity contribution < 1.29 is 0 Å². The van der Waals surface area contributed by atoms with Gasteiger partial charge in [0, 0.05) is 19.6 Å².